The summed E-state index contributed by atoms with van der Waals surface area (Å²) >= 11 is 7.96. The molecule has 1 nitrogen and oxygen atoms in total. The number of allylic oxidation sites excluding steroid dienone is 1. The van der Waals surface area contributed by atoms with Crippen LogP contribution in [0.15, 0.2) is 28.2 Å². The fourth-order valence-corrected chi connectivity index (χ4v) is 8.77. The molecule has 4 aliphatic rings. The van der Waals surface area contributed by atoms with Gasteiger partial charge in [-0.2, -0.15) is 0 Å². The molecule has 146 valence electrons. The average Bonchev–Trinajstić information content (AvgIpc) is 3.15. The zero-order valence-electron chi connectivity index (χ0n) is 16.4. The van der Waals surface area contributed by atoms with Gasteiger partial charge in [0.25, 0.3) is 0 Å². The molecule has 1 aliphatic heterocycles. The second-order valence-electron chi connectivity index (χ2n) is 9.67. The van der Waals surface area contributed by atoms with Gasteiger partial charge in [-0.15, -0.1) is 0 Å². The van der Waals surface area contributed by atoms with Crippen molar-refractivity contribution in [3.05, 3.63) is 39.4 Å². The number of rotatable bonds is 2. The molecule has 0 radical (unpaired) electrons. The topological polar surface area (TPSA) is 12.0 Å². The highest BCUT2D eigenvalue weighted by molar-refractivity contribution is 9.10. The minimum atomic E-state index is 0.620. The van der Waals surface area contributed by atoms with Crippen LogP contribution < -0.4 is 5.32 Å². The van der Waals surface area contributed by atoms with E-state index in [0.717, 1.165) is 40.5 Å². The summed E-state index contributed by atoms with van der Waals surface area (Å²) in [6, 6.07) is 7.51. The Kier molecular flexibility index (Phi) is 5.10. The standard InChI is InChI=1S/C24H31Br2N/c1-13-9-20-15(5-3-7-22(20)25)17(13)11-18-14(2)10-21-19(18)12-23-16(24(21)26)6-4-8-27-23/h3,5,7,9,14,16-19,21,23-24,27H,4,6,8,10-12H2,1-2H3. The van der Waals surface area contributed by atoms with E-state index >= 15 is 0 Å². The maximum atomic E-state index is 4.19. The second kappa shape index (κ2) is 7.29. The lowest BCUT2D eigenvalue weighted by Crippen LogP contribution is -2.52. The summed E-state index contributed by atoms with van der Waals surface area (Å²) in [5, 5.41) is 3.88. The third-order valence-corrected chi connectivity index (χ3v) is 10.4. The molecule has 5 rings (SSSR count). The third-order valence-electron chi connectivity index (χ3n) is 8.35. The normalized spacial score (nSPS) is 43.0. The number of benzene rings is 1. The Labute approximate surface area is 181 Å². The summed E-state index contributed by atoms with van der Waals surface area (Å²) in [5.74, 6) is 4.96. The fourth-order valence-electron chi connectivity index (χ4n) is 7.04. The van der Waals surface area contributed by atoms with E-state index in [0.29, 0.717) is 5.92 Å². The van der Waals surface area contributed by atoms with E-state index in [1.54, 1.807) is 11.1 Å². The Balaban J connectivity index is 1.40. The maximum absolute atomic E-state index is 4.19. The first-order valence-electron chi connectivity index (χ1n) is 10.9. The summed E-state index contributed by atoms with van der Waals surface area (Å²) in [5.41, 5.74) is 4.54. The minimum Gasteiger partial charge on any atom is -0.314 e. The van der Waals surface area contributed by atoms with Crippen LogP contribution in [0.4, 0.5) is 0 Å². The van der Waals surface area contributed by atoms with E-state index < -0.39 is 0 Å². The van der Waals surface area contributed by atoms with Crippen molar-refractivity contribution in [3.63, 3.8) is 0 Å². The molecule has 1 N–H and O–H groups in total. The predicted molar refractivity (Wildman–Crippen MR) is 121 cm³/mol. The number of alkyl halides is 1. The lowest BCUT2D eigenvalue weighted by atomic mass is 9.66. The van der Waals surface area contributed by atoms with Crippen molar-refractivity contribution in [2.24, 2.45) is 29.6 Å². The van der Waals surface area contributed by atoms with Gasteiger partial charge in [0.2, 0.25) is 0 Å². The molecule has 3 aliphatic carbocycles. The number of fused-ring (bicyclic) bond motifs is 3. The van der Waals surface area contributed by atoms with Gasteiger partial charge in [0.05, 0.1) is 0 Å². The van der Waals surface area contributed by atoms with Crippen molar-refractivity contribution in [1.29, 1.82) is 0 Å². The van der Waals surface area contributed by atoms with Gasteiger partial charge in [0, 0.05) is 21.3 Å². The Morgan fingerprint density at radius 2 is 2.00 bits per heavy atom. The van der Waals surface area contributed by atoms with Gasteiger partial charge >= 0.3 is 0 Å². The highest BCUT2D eigenvalue weighted by Gasteiger charge is 2.52. The van der Waals surface area contributed by atoms with Gasteiger partial charge in [0.1, 0.15) is 0 Å². The molecular weight excluding hydrogens is 462 g/mol. The van der Waals surface area contributed by atoms with Crippen LogP contribution in [-0.4, -0.2) is 17.4 Å². The molecule has 0 bridgehead atoms. The van der Waals surface area contributed by atoms with Crippen LogP contribution in [-0.2, 0) is 0 Å². The van der Waals surface area contributed by atoms with E-state index in [4.69, 9.17) is 0 Å². The van der Waals surface area contributed by atoms with Crippen molar-refractivity contribution in [2.75, 3.05) is 6.54 Å². The molecule has 0 spiro atoms. The molecule has 1 saturated heterocycles. The quantitative estimate of drug-likeness (QED) is 0.449. The average molecular weight is 493 g/mol. The van der Waals surface area contributed by atoms with Crippen LogP contribution in [0.25, 0.3) is 6.08 Å². The van der Waals surface area contributed by atoms with Crippen LogP contribution in [0.2, 0.25) is 0 Å². The zero-order valence-corrected chi connectivity index (χ0v) is 19.6. The van der Waals surface area contributed by atoms with E-state index in [2.05, 4.69) is 75.3 Å². The molecule has 3 fully saturated rings. The number of hydrogen-bond donors (Lipinski definition) is 1. The first-order chi connectivity index (χ1) is 13.0. The van der Waals surface area contributed by atoms with E-state index in [1.165, 1.54) is 48.7 Å². The Hall–Kier alpha value is -0.120. The number of halogens is 2. The summed E-state index contributed by atoms with van der Waals surface area (Å²) in [6.45, 7) is 6.11. The maximum Gasteiger partial charge on any atom is 0.0250 e. The summed E-state index contributed by atoms with van der Waals surface area (Å²) < 4.78 is 1.26. The van der Waals surface area contributed by atoms with Gasteiger partial charge in [-0.05, 0) is 92.4 Å². The van der Waals surface area contributed by atoms with Crippen LogP contribution in [0.1, 0.15) is 63.0 Å². The highest BCUT2D eigenvalue weighted by Crippen LogP contribution is 2.57. The molecule has 2 saturated carbocycles. The van der Waals surface area contributed by atoms with Crippen molar-refractivity contribution in [2.45, 2.75) is 62.7 Å². The molecular formula is C24H31Br2N. The first-order valence-corrected chi connectivity index (χ1v) is 12.6. The van der Waals surface area contributed by atoms with Crippen molar-refractivity contribution < 1.29 is 0 Å². The number of piperidine rings is 1. The van der Waals surface area contributed by atoms with Crippen molar-refractivity contribution >= 4 is 37.9 Å². The lowest BCUT2D eigenvalue weighted by molar-refractivity contribution is 0.112. The smallest absolute Gasteiger partial charge is 0.0250 e. The molecule has 8 atom stereocenters. The molecule has 1 aromatic rings. The largest absolute Gasteiger partial charge is 0.314 e. The number of hydrogen-bond acceptors (Lipinski definition) is 1. The predicted octanol–water partition coefficient (Wildman–Crippen LogP) is 6.76. The van der Waals surface area contributed by atoms with Crippen molar-refractivity contribution in [3.8, 4) is 0 Å². The van der Waals surface area contributed by atoms with Crippen LogP contribution in [0.5, 0.6) is 0 Å². The molecule has 1 heterocycles. The van der Waals surface area contributed by atoms with E-state index in [-0.39, 0.29) is 0 Å². The Bertz CT molecular complexity index is 757. The Morgan fingerprint density at radius 3 is 2.85 bits per heavy atom. The van der Waals surface area contributed by atoms with Gasteiger partial charge in [-0.3, -0.25) is 0 Å². The SMILES string of the molecule is CC1=Cc2c(Br)cccc2C1CC1C(C)CC2C(Br)C3CCCNC3CC12. The molecule has 8 unspecified atom stereocenters. The molecule has 0 amide bonds. The second-order valence-corrected chi connectivity index (χ2v) is 11.6. The van der Waals surface area contributed by atoms with Gasteiger partial charge in [-0.25, -0.2) is 0 Å². The fraction of sp³-hybridized carbons (Fsp3) is 0.667. The van der Waals surface area contributed by atoms with Crippen LogP contribution in [0, 0.1) is 29.6 Å². The van der Waals surface area contributed by atoms with Gasteiger partial charge < -0.3 is 5.32 Å². The van der Waals surface area contributed by atoms with E-state index in [9.17, 15) is 0 Å². The molecule has 0 aromatic heterocycles. The van der Waals surface area contributed by atoms with E-state index in [1.807, 2.05) is 0 Å². The summed E-state index contributed by atoms with van der Waals surface area (Å²) in [7, 11) is 0. The lowest BCUT2D eigenvalue weighted by Gasteiger charge is -2.47. The number of nitrogens with one attached hydrogen (secondary N) is 1. The Morgan fingerprint density at radius 1 is 1.15 bits per heavy atom. The summed E-state index contributed by atoms with van der Waals surface area (Å²) in [4.78, 5) is 0.725. The van der Waals surface area contributed by atoms with Gasteiger partial charge in [-0.1, -0.05) is 62.6 Å². The van der Waals surface area contributed by atoms with Crippen molar-refractivity contribution in [1.82, 2.24) is 5.32 Å². The van der Waals surface area contributed by atoms with Crippen LogP contribution >= 0.6 is 31.9 Å². The minimum absolute atomic E-state index is 0.620. The molecule has 27 heavy (non-hydrogen) atoms. The summed E-state index contributed by atoms with van der Waals surface area (Å²) in [6.07, 6.45) is 9.38. The molecule has 1 aromatic carbocycles. The monoisotopic (exact) mass is 491 g/mol. The third kappa shape index (κ3) is 3.11. The highest BCUT2D eigenvalue weighted by atomic mass is 79.9. The first kappa shape index (κ1) is 18.9. The van der Waals surface area contributed by atoms with Crippen LogP contribution in [0.3, 0.4) is 0 Å². The zero-order chi connectivity index (χ0) is 18.7. The van der Waals surface area contributed by atoms with Gasteiger partial charge in [0.15, 0.2) is 0 Å². The molecule has 3 heteroatoms.